The lowest BCUT2D eigenvalue weighted by molar-refractivity contribution is 0.00578. The van der Waals surface area contributed by atoms with Gasteiger partial charge >= 0.3 is 21.1 Å². The fourth-order valence-corrected chi connectivity index (χ4v) is 15.0. The molecule has 0 unspecified atom stereocenters. The van der Waals surface area contributed by atoms with E-state index in [9.17, 15) is 0 Å². The van der Waals surface area contributed by atoms with E-state index in [-0.39, 0.29) is 29.8 Å². The lowest BCUT2D eigenvalue weighted by atomic mass is 9.49. The summed E-state index contributed by atoms with van der Waals surface area (Å²) in [5.41, 5.74) is 13.3. The number of halogens is 1. The van der Waals surface area contributed by atoms with Gasteiger partial charge in [-0.15, -0.1) is 22.7 Å². The molecule has 0 saturated carbocycles. The SMILES string of the molecule is C.CC1(C)OB(B2OC(C)(C)C(C)(C)O2)OC1(C)C.CC1(C)OB(c2cc(-c3ccccc3)cc(-c3cccc4c3sc3c(-c5ccccc5)cccc34)c2)OC1(C)C.Clc1cc(-c2ccccc2)cc(-c2cccc3c2sc2c(-c4ccccc4)cccc23)c1. The first-order chi connectivity index (χ1) is 43.0. The van der Waals surface area contributed by atoms with Crippen LogP contribution in [-0.4, -0.2) is 54.7 Å². The second-order valence-corrected chi connectivity index (χ2v) is 29.3. The standard InChI is InChI=1S/C36H31BO2S.C30H19ClS.C12H24B2O4.CH4/c1-35(2)36(3,4)39-37(38-35)28-22-26(24-13-7-5-8-14-24)21-27(23-28)30-18-12-20-32-31-19-11-17-29(33(31)40-34(30)32)25-15-9-6-10-16-25;31-24-18-22(20-9-3-1-4-10-20)17-23(19-24)26-14-8-16-28-27-15-7-13-25(29(27)32-30(26)28)21-11-5-2-6-12-21;1-9(2)10(3,4)16-13(15-9)14-17-11(5,6)12(7,8)18-14;/h5-23H,1-4H3;1-19H;1-8H3;1H4. The fraction of sp³-hybridized carbons (Fsp3) is 0.241. The molecule has 12 aromatic rings. The molecular weight excluding hydrogens is 1180 g/mol. The third-order valence-corrected chi connectivity index (χ3v) is 22.0. The van der Waals surface area contributed by atoms with Crippen LogP contribution in [0.4, 0.5) is 0 Å². The molecule has 6 nitrogen and oxygen atoms in total. The van der Waals surface area contributed by atoms with Crippen LogP contribution < -0.4 is 5.46 Å². The molecule has 0 aliphatic carbocycles. The average molecular weight is 1260 g/mol. The molecule has 0 atom stereocenters. The highest BCUT2D eigenvalue weighted by Crippen LogP contribution is 2.48. The fourth-order valence-electron chi connectivity index (χ4n) is 12.0. The molecular formula is C79H78B3ClO6S2. The number of hydrogen-bond donors (Lipinski definition) is 0. The zero-order chi connectivity index (χ0) is 63.0. The minimum absolute atomic E-state index is 0. The summed E-state index contributed by atoms with van der Waals surface area (Å²) in [6.45, 7) is 24.6. The maximum atomic E-state index is 6.59. The summed E-state index contributed by atoms with van der Waals surface area (Å²) in [6, 6.07) is 82.0. The largest absolute Gasteiger partial charge is 0.494 e. The molecule has 2 aromatic heterocycles. The minimum atomic E-state index is -0.476. The first-order valence-corrected chi connectivity index (χ1v) is 33.1. The molecule has 3 aliphatic heterocycles. The Kier molecular flexibility index (Phi) is 17.4. The van der Waals surface area contributed by atoms with Gasteiger partial charge in [0.15, 0.2) is 0 Å². The van der Waals surface area contributed by atoms with Crippen LogP contribution in [0.1, 0.15) is 90.5 Å². The summed E-state index contributed by atoms with van der Waals surface area (Å²) < 4.78 is 42.1. The maximum absolute atomic E-state index is 6.59. The molecule has 0 bridgehead atoms. The van der Waals surface area contributed by atoms with Gasteiger partial charge in [0.1, 0.15) is 0 Å². The van der Waals surface area contributed by atoms with Crippen molar-refractivity contribution in [1.82, 2.24) is 0 Å². The molecule has 0 amide bonds. The Labute approximate surface area is 551 Å². The van der Waals surface area contributed by atoms with Gasteiger partial charge in [-0.1, -0.05) is 225 Å². The molecule has 0 spiro atoms. The van der Waals surface area contributed by atoms with Crippen LogP contribution in [0.5, 0.6) is 0 Å². The van der Waals surface area contributed by atoms with Gasteiger partial charge in [0.2, 0.25) is 0 Å². The third kappa shape index (κ3) is 12.3. The Balaban J connectivity index is 0.000000140. The van der Waals surface area contributed by atoms with Crippen molar-refractivity contribution in [3.8, 4) is 66.8 Å². The minimum Gasteiger partial charge on any atom is -0.405 e. The molecule has 91 heavy (non-hydrogen) atoms. The first-order valence-electron chi connectivity index (χ1n) is 31.1. The normalized spacial score (nSPS) is 17.4. The van der Waals surface area contributed by atoms with Gasteiger partial charge in [0.05, 0.1) is 33.6 Å². The lowest BCUT2D eigenvalue weighted by Crippen LogP contribution is -2.41. The molecule has 0 radical (unpaired) electrons. The molecule has 3 saturated heterocycles. The highest BCUT2D eigenvalue weighted by molar-refractivity contribution is 7.27. The third-order valence-electron chi connectivity index (χ3n) is 19.2. The molecule has 5 heterocycles. The van der Waals surface area contributed by atoms with Crippen molar-refractivity contribution in [2.75, 3.05) is 0 Å². The van der Waals surface area contributed by atoms with E-state index >= 15 is 0 Å². The van der Waals surface area contributed by atoms with Crippen LogP contribution in [0.3, 0.4) is 0 Å². The topological polar surface area (TPSA) is 55.4 Å². The Morgan fingerprint density at radius 3 is 0.879 bits per heavy atom. The van der Waals surface area contributed by atoms with E-state index in [1.807, 2.05) is 90.2 Å². The summed E-state index contributed by atoms with van der Waals surface area (Å²) in [4.78, 5) is 0. The van der Waals surface area contributed by atoms with Crippen LogP contribution in [0.25, 0.3) is 107 Å². The first kappa shape index (κ1) is 64.0. The van der Waals surface area contributed by atoms with Crippen molar-refractivity contribution < 1.29 is 27.9 Å². The number of hydrogen-bond acceptors (Lipinski definition) is 8. The van der Waals surface area contributed by atoms with Gasteiger partial charge in [-0.05, 0) is 180 Å². The predicted molar refractivity (Wildman–Crippen MR) is 391 cm³/mol. The summed E-state index contributed by atoms with van der Waals surface area (Å²) in [6.07, 6.45) is 0. The van der Waals surface area contributed by atoms with Crippen LogP contribution in [0, 0.1) is 0 Å². The summed E-state index contributed by atoms with van der Waals surface area (Å²) in [7, 11) is -1.38. The van der Waals surface area contributed by atoms with Gasteiger partial charge in [-0.2, -0.15) is 0 Å². The van der Waals surface area contributed by atoms with E-state index in [4.69, 9.17) is 39.5 Å². The number of benzene rings is 10. The van der Waals surface area contributed by atoms with Crippen LogP contribution in [-0.2, 0) is 27.9 Å². The monoisotopic (exact) mass is 1250 g/mol. The van der Waals surface area contributed by atoms with Crippen molar-refractivity contribution in [3.63, 3.8) is 0 Å². The Morgan fingerprint density at radius 1 is 0.275 bits per heavy atom. The number of fused-ring (bicyclic) bond motifs is 6. The van der Waals surface area contributed by atoms with E-state index in [0.29, 0.717) is 0 Å². The Hall–Kier alpha value is -7.12. The van der Waals surface area contributed by atoms with Gasteiger partial charge in [-0.25, -0.2) is 0 Å². The van der Waals surface area contributed by atoms with Gasteiger partial charge < -0.3 is 27.9 Å². The summed E-state index contributed by atoms with van der Waals surface area (Å²) >= 11 is 10.3. The van der Waals surface area contributed by atoms with Crippen molar-refractivity contribution in [2.24, 2.45) is 0 Å². The van der Waals surface area contributed by atoms with Crippen LogP contribution >= 0.6 is 34.3 Å². The zero-order valence-electron chi connectivity index (χ0n) is 53.3. The molecule has 10 aromatic carbocycles. The highest BCUT2D eigenvalue weighted by atomic mass is 35.5. The van der Waals surface area contributed by atoms with Crippen molar-refractivity contribution in [2.45, 2.75) is 124 Å². The van der Waals surface area contributed by atoms with E-state index in [1.54, 1.807) is 0 Å². The smallest absolute Gasteiger partial charge is 0.405 e. The Morgan fingerprint density at radius 2 is 0.538 bits per heavy atom. The summed E-state index contributed by atoms with van der Waals surface area (Å²) in [5.74, 6) is 0. The zero-order valence-corrected chi connectivity index (χ0v) is 55.7. The van der Waals surface area contributed by atoms with E-state index < -0.39 is 32.3 Å². The molecule has 458 valence electrons. The van der Waals surface area contributed by atoms with Crippen molar-refractivity contribution in [3.05, 3.63) is 236 Å². The molecule has 3 fully saturated rings. The number of rotatable bonds is 8. The van der Waals surface area contributed by atoms with Gasteiger partial charge in [0.25, 0.3) is 0 Å². The van der Waals surface area contributed by atoms with E-state index in [1.165, 1.54) is 90.4 Å². The summed E-state index contributed by atoms with van der Waals surface area (Å²) in [5, 5.41) is 5.94. The maximum Gasteiger partial charge on any atom is 0.494 e. The van der Waals surface area contributed by atoms with Crippen molar-refractivity contribution in [1.29, 1.82) is 0 Å². The van der Waals surface area contributed by atoms with Gasteiger partial charge in [0, 0.05) is 45.4 Å². The quantitative estimate of drug-likeness (QED) is 0.141. The second kappa shape index (κ2) is 24.7. The highest BCUT2D eigenvalue weighted by Gasteiger charge is 2.64. The van der Waals surface area contributed by atoms with E-state index in [0.717, 1.165) is 27.2 Å². The van der Waals surface area contributed by atoms with Crippen LogP contribution in [0.15, 0.2) is 231 Å². The second-order valence-electron chi connectivity index (χ2n) is 26.8. The Bertz CT molecular complexity index is 4520. The van der Waals surface area contributed by atoms with E-state index in [2.05, 4.69) is 246 Å². The number of thiophene rings is 2. The average Bonchev–Trinajstić information content (AvgIpc) is 1.65. The molecule has 0 N–H and O–H groups in total. The molecule has 3 aliphatic rings. The van der Waals surface area contributed by atoms with Crippen LogP contribution in [0.2, 0.25) is 5.02 Å². The lowest BCUT2D eigenvalue weighted by Gasteiger charge is -2.32. The molecule has 15 rings (SSSR count). The van der Waals surface area contributed by atoms with Crippen molar-refractivity contribution >= 4 is 101 Å². The molecule has 12 heteroatoms. The van der Waals surface area contributed by atoms with Gasteiger partial charge in [-0.3, -0.25) is 0 Å². The predicted octanol–water partition coefficient (Wildman–Crippen LogP) is 21.9.